The van der Waals surface area contributed by atoms with Gasteiger partial charge in [0.25, 0.3) is 15.2 Å². The third-order valence-corrected chi connectivity index (χ3v) is 4.65. The normalized spacial score (nSPS) is 17.8. The molecule has 1 fully saturated rings. The second-order valence-corrected chi connectivity index (χ2v) is 8.09. The van der Waals surface area contributed by atoms with Gasteiger partial charge < -0.3 is 0 Å². The van der Waals surface area contributed by atoms with Gasteiger partial charge in [-0.05, 0) is 33.1 Å². The zero-order valence-corrected chi connectivity index (χ0v) is 13.3. The lowest BCUT2D eigenvalue weighted by molar-refractivity contribution is 0.344. The zero-order chi connectivity index (χ0) is 15.0. The van der Waals surface area contributed by atoms with E-state index in [0.717, 1.165) is 18.8 Å². The number of hydrogen-bond acceptors (Lipinski definition) is 4. The Morgan fingerprint density at radius 1 is 1.25 bits per heavy atom. The molecule has 0 aromatic carbocycles. The van der Waals surface area contributed by atoms with E-state index >= 15 is 0 Å². The Bertz CT molecular complexity index is 566. The first-order chi connectivity index (χ1) is 9.19. The Hall–Kier alpha value is -0.950. The van der Waals surface area contributed by atoms with Gasteiger partial charge in [-0.3, -0.25) is 4.57 Å². The van der Waals surface area contributed by atoms with Crippen LogP contribution in [0.25, 0.3) is 0 Å². The minimum absolute atomic E-state index is 0.133. The van der Waals surface area contributed by atoms with E-state index in [9.17, 15) is 8.42 Å². The van der Waals surface area contributed by atoms with Crippen LogP contribution in [0.15, 0.2) is 5.16 Å². The Kier molecular flexibility index (Phi) is 4.20. The zero-order valence-electron chi connectivity index (χ0n) is 12.5. The van der Waals surface area contributed by atoms with Crippen LogP contribution < -0.4 is 5.14 Å². The molecule has 1 heterocycles. The molecule has 0 radical (unpaired) electrons. The molecule has 0 saturated heterocycles. The molecule has 1 aromatic heterocycles. The van der Waals surface area contributed by atoms with Crippen LogP contribution in [0.1, 0.15) is 58.7 Å². The molecule has 1 saturated carbocycles. The monoisotopic (exact) mass is 300 g/mol. The van der Waals surface area contributed by atoms with E-state index in [-0.39, 0.29) is 5.16 Å². The molecule has 1 aliphatic carbocycles. The summed E-state index contributed by atoms with van der Waals surface area (Å²) in [7, 11) is -3.84. The molecule has 0 spiro atoms. The van der Waals surface area contributed by atoms with Crippen LogP contribution in [0, 0.1) is 5.92 Å². The Morgan fingerprint density at radius 3 is 2.35 bits per heavy atom. The van der Waals surface area contributed by atoms with Gasteiger partial charge in [-0.25, -0.2) is 13.6 Å². The van der Waals surface area contributed by atoms with Crippen molar-refractivity contribution in [3.63, 3.8) is 0 Å². The number of nitrogens with two attached hydrogens (primary N) is 1. The molecule has 2 rings (SSSR count). The predicted molar refractivity (Wildman–Crippen MR) is 76.7 cm³/mol. The van der Waals surface area contributed by atoms with Crippen molar-refractivity contribution in [2.45, 2.75) is 70.0 Å². The maximum absolute atomic E-state index is 11.6. The Labute approximate surface area is 120 Å². The average molecular weight is 300 g/mol. The summed E-state index contributed by atoms with van der Waals surface area (Å²) in [6.45, 7) is 5.80. The highest BCUT2D eigenvalue weighted by molar-refractivity contribution is 7.89. The van der Waals surface area contributed by atoms with Gasteiger partial charge in [-0.1, -0.05) is 25.7 Å². The quantitative estimate of drug-likeness (QED) is 0.918. The average Bonchev–Trinajstić information content (AvgIpc) is 2.93. The lowest BCUT2D eigenvalue weighted by Gasteiger charge is -2.24. The smallest absolute Gasteiger partial charge is 0.273 e. The summed E-state index contributed by atoms with van der Waals surface area (Å²) < 4.78 is 24.9. The fourth-order valence-corrected chi connectivity index (χ4v) is 3.74. The Morgan fingerprint density at radius 2 is 1.85 bits per heavy atom. The second-order valence-electron chi connectivity index (χ2n) is 6.64. The molecule has 114 valence electrons. The summed E-state index contributed by atoms with van der Waals surface area (Å²) in [4.78, 5) is 0. The fourth-order valence-electron chi connectivity index (χ4n) is 2.95. The lowest BCUT2D eigenvalue weighted by Crippen LogP contribution is -2.30. The summed E-state index contributed by atoms with van der Waals surface area (Å²) in [5, 5.41) is 13.0. The van der Waals surface area contributed by atoms with Crippen LogP contribution in [0.5, 0.6) is 0 Å². The van der Waals surface area contributed by atoms with Gasteiger partial charge in [0.1, 0.15) is 5.82 Å². The standard InChI is InChI=1S/C13H24N4O2S/c1-13(2,3)17-11(9-8-10-6-4-5-7-10)15-16-12(17)20(14,18)19/h10H,4-9H2,1-3H3,(H2,14,18,19). The van der Waals surface area contributed by atoms with Gasteiger partial charge in [0.15, 0.2) is 0 Å². The number of nitrogens with zero attached hydrogens (tertiary/aromatic N) is 3. The van der Waals surface area contributed by atoms with Crippen molar-refractivity contribution in [2.24, 2.45) is 11.1 Å². The number of primary sulfonamides is 1. The third-order valence-electron chi connectivity index (χ3n) is 3.88. The third kappa shape index (κ3) is 3.38. The van der Waals surface area contributed by atoms with Crippen molar-refractivity contribution in [3.8, 4) is 0 Å². The maximum atomic E-state index is 11.6. The van der Waals surface area contributed by atoms with Crippen molar-refractivity contribution < 1.29 is 8.42 Å². The van der Waals surface area contributed by atoms with Gasteiger partial charge in [-0.15, -0.1) is 10.2 Å². The first-order valence-corrected chi connectivity index (χ1v) is 8.72. The van der Waals surface area contributed by atoms with Gasteiger partial charge in [0.2, 0.25) is 0 Å². The van der Waals surface area contributed by atoms with Gasteiger partial charge in [0.05, 0.1) is 0 Å². The summed E-state index contributed by atoms with van der Waals surface area (Å²) >= 11 is 0. The van der Waals surface area contributed by atoms with Crippen LogP contribution in [-0.4, -0.2) is 23.2 Å². The molecular formula is C13H24N4O2S. The van der Waals surface area contributed by atoms with E-state index in [1.807, 2.05) is 20.8 Å². The fraction of sp³-hybridized carbons (Fsp3) is 0.846. The molecular weight excluding hydrogens is 276 g/mol. The van der Waals surface area contributed by atoms with Crippen molar-refractivity contribution in [1.29, 1.82) is 0 Å². The maximum Gasteiger partial charge on any atom is 0.273 e. The van der Waals surface area contributed by atoms with Crippen LogP contribution in [0.2, 0.25) is 0 Å². The number of aromatic nitrogens is 3. The summed E-state index contributed by atoms with van der Waals surface area (Å²) in [5.74, 6) is 1.45. The summed E-state index contributed by atoms with van der Waals surface area (Å²) in [5.41, 5.74) is -0.406. The highest BCUT2D eigenvalue weighted by Crippen LogP contribution is 2.29. The molecule has 0 amide bonds. The summed E-state index contributed by atoms with van der Waals surface area (Å²) in [6, 6.07) is 0. The molecule has 20 heavy (non-hydrogen) atoms. The molecule has 0 unspecified atom stereocenters. The first kappa shape index (κ1) is 15.4. The van der Waals surface area contributed by atoms with Gasteiger partial charge in [0, 0.05) is 12.0 Å². The molecule has 7 heteroatoms. The van der Waals surface area contributed by atoms with Gasteiger partial charge in [-0.2, -0.15) is 0 Å². The highest BCUT2D eigenvalue weighted by atomic mass is 32.2. The summed E-state index contributed by atoms with van der Waals surface area (Å²) in [6.07, 6.45) is 6.94. The van der Waals surface area contributed by atoms with Crippen molar-refractivity contribution in [3.05, 3.63) is 5.82 Å². The van der Waals surface area contributed by atoms with E-state index in [2.05, 4.69) is 10.2 Å². The topological polar surface area (TPSA) is 90.9 Å². The highest BCUT2D eigenvalue weighted by Gasteiger charge is 2.29. The molecule has 0 atom stereocenters. The van der Waals surface area contributed by atoms with Crippen LogP contribution in [-0.2, 0) is 22.0 Å². The minimum Gasteiger partial charge on any atom is -0.295 e. The largest absolute Gasteiger partial charge is 0.295 e. The molecule has 0 aliphatic heterocycles. The lowest BCUT2D eigenvalue weighted by atomic mass is 10.0. The Balaban J connectivity index is 2.26. The number of sulfonamides is 1. The van der Waals surface area contributed by atoms with Crippen LogP contribution in [0.4, 0.5) is 0 Å². The number of rotatable bonds is 4. The van der Waals surface area contributed by atoms with Gasteiger partial charge >= 0.3 is 0 Å². The predicted octanol–water partition coefficient (Wildman–Crippen LogP) is 1.80. The molecule has 0 bridgehead atoms. The van der Waals surface area contributed by atoms with Crippen LogP contribution in [0.3, 0.4) is 0 Å². The number of aryl methyl sites for hydroxylation is 1. The molecule has 2 N–H and O–H groups in total. The number of hydrogen-bond donors (Lipinski definition) is 1. The molecule has 1 aromatic rings. The molecule has 6 nitrogen and oxygen atoms in total. The van der Waals surface area contributed by atoms with Crippen molar-refractivity contribution in [2.75, 3.05) is 0 Å². The van der Waals surface area contributed by atoms with Crippen molar-refractivity contribution >= 4 is 10.0 Å². The van der Waals surface area contributed by atoms with E-state index < -0.39 is 15.6 Å². The molecule has 1 aliphatic rings. The SMILES string of the molecule is CC(C)(C)n1c(CCC2CCCC2)nnc1S(N)(=O)=O. The minimum atomic E-state index is -3.84. The first-order valence-electron chi connectivity index (χ1n) is 7.17. The van der Waals surface area contributed by atoms with Crippen molar-refractivity contribution in [1.82, 2.24) is 14.8 Å². The van der Waals surface area contributed by atoms with E-state index in [0.29, 0.717) is 5.82 Å². The second kappa shape index (κ2) is 5.44. The van der Waals surface area contributed by atoms with E-state index in [1.165, 1.54) is 25.7 Å². The van der Waals surface area contributed by atoms with E-state index in [1.54, 1.807) is 4.57 Å². The van der Waals surface area contributed by atoms with E-state index in [4.69, 9.17) is 5.14 Å². The van der Waals surface area contributed by atoms with Crippen LogP contribution >= 0.6 is 0 Å².